The summed E-state index contributed by atoms with van der Waals surface area (Å²) in [5, 5.41) is 1.14. The Balaban J connectivity index is 1.45. The van der Waals surface area contributed by atoms with Crippen molar-refractivity contribution in [2.45, 2.75) is 18.8 Å². The second-order valence-corrected chi connectivity index (χ2v) is 7.78. The summed E-state index contributed by atoms with van der Waals surface area (Å²) in [7, 11) is 3.75. The number of fused-ring (bicyclic) bond motifs is 2. The van der Waals surface area contributed by atoms with Crippen molar-refractivity contribution in [2.75, 3.05) is 32.1 Å². The van der Waals surface area contributed by atoms with E-state index in [0.29, 0.717) is 29.2 Å². The molecule has 4 aromatic rings. The molecule has 1 atom stereocenters. The minimum Gasteiger partial charge on any atom is -0.423 e. The van der Waals surface area contributed by atoms with Gasteiger partial charge in [-0.05, 0) is 42.7 Å². The first-order chi connectivity index (χ1) is 14.1. The SMILES string of the molecule is CN(C)c1nc2cccc(C(=O)N3CCCC(c4c[nH]c5ncccc45)C3)c2o1. The van der Waals surface area contributed by atoms with Gasteiger partial charge in [0.25, 0.3) is 11.9 Å². The van der Waals surface area contributed by atoms with Gasteiger partial charge in [0.05, 0.1) is 5.56 Å². The summed E-state index contributed by atoms with van der Waals surface area (Å²) in [6.07, 6.45) is 5.86. The number of benzene rings is 1. The van der Waals surface area contributed by atoms with Crippen molar-refractivity contribution in [1.29, 1.82) is 0 Å². The van der Waals surface area contributed by atoms with Crippen LogP contribution in [0, 0.1) is 0 Å². The number of para-hydroxylation sites is 1. The third-order valence-corrected chi connectivity index (χ3v) is 5.65. The third kappa shape index (κ3) is 3.03. The van der Waals surface area contributed by atoms with Crippen molar-refractivity contribution in [3.63, 3.8) is 0 Å². The van der Waals surface area contributed by atoms with Gasteiger partial charge in [0.2, 0.25) is 0 Å². The van der Waals surface area contributed by atoms with E-state index in [1.54, 1.807) is 11.1 Å². The van der Waals surface area contributed by atoms with E-state index in [4.69, 9.17) is 4.42 Å². The van der Waals surface area contributed by atoms with Crippen LogP contribution in [0.4, 0.5) is 6.01 Å². The van der Waals surface area contributed by atoms with E-state index in [2.05, 4.69) is 21.0 Å². The van der Waals surface area contributed by atoms with Crippen LogP contribution in [0.15, 0.2) is 47.1 Å². The van der Waals surface area contributed by atoms with Gasteiger partial charge in [-0.3, -0.25) is 4.79 Å². The minimum atomic E-state index is -0.000257. The second kappa shape index (κ2) is 6.92. The first-order valence-electron chi connectivity index (χ1n) is 9.90. The number of likely N-dealkylation sites (tertiary alicyclic amines) is 1. The van der Waals surface area contributed by atoms with Crippen molar-refractivity contribution < 1.29 is 9.21 Å². The normalized spacial score (nSPS) is 17.2. The van der Waals surface area contributed by atoms with Crippen molar-refractivity contribution >= 4 is 34.1 Å². The standard InChI is InChI=1S/C22H23N5O2/c1-26(2)22-25-18-9-3-7-16(19(18)29-22)21(28)27-11-5-6-14(13-27)17-12-24-20-15(17)8-4-10-23-20/h3-4,7-10,12,14H,5-6,11,13H2,1-2H3,(H,23,24). The number of aromatic amines is 1. The maximum Gasteiger partial charge on any atom is 0.297 e. The molecule has 148 valence electrons. The summed E-state index contributed by atoms with van der Waals surface area (Å²) in [6.45, 7) is 1.44. The van der Waals surface area contributed by atoms with Crippen LogP contribution < -0.4 is 4.90 Å². The molecule has 5 rings (SSSR count). The summed E-state index contributed by atoms with van der Waals surface area (Å²) in [5.74, 6) is 0.289. The van der Waals surface area contributed by atoms with Gasteiger partial charge in [0, 0.05) is 50.9 Å². The molecule has 0 aliphatic carbocycles. The summed E-state index contributed by atoms with van der Waals surface area (Å²) in [4.78, 5) is 29.2. The molecule has 7 heteroatoms. The van der Waals surface area contributed by atoms with E-state index >= 15 is 0 Å². The van der Waals surface area contributed by atoms with Crippen LogP contribution in [-0.4, -0.2) is 52.9 Å². The Hall–Kier alpha value is -3.35. The van der Waals surface area contributed by atoms with Crippen LogP contribution in [0.3, 0.4) is 0 Å². The molecule has 1 aliphatic heterocycles. The number of amides is 1. The number of pyridine rings is 1. The number of carbonyl (C=O) groups is 1. The van der Waals surface area contributed by atoms with Gasteiger partial charge in [-0.1, -0.05) is 6.07 Å². The molecule has 4 heterocycles. The average Bonchev–Trinajstić information content (AvgIpc) is 3.37. The van der Waals surface area contributed by atoms with Crippen LogP contribution in [0.1, 0.15) is 34.7 Å². The lowest BCUT2D eigenvalue weighted by Crippen LogP contribution is -2.39. The highest BCUT2D eigenvalue weighted by Gasteiger charge is 2.29. The number of anilines is 1. The monoisotopic (exact) mass is 389 g/mol. The fourth-order valence-electron chi connectivity index (χ4n) is 4.20. The van der Waals surface area contributed by atoms with Gasteiger partial charge in [0.15, 0.2) is 5.58 Å². The zero-order valence-corrected chi connectivity index (χ0v) is 16.6. The molecule has 3 aromatic heterocycles. The Labute approximate surface area is 168 Å². The van der Waals surface area contributed by atoms with Gasteiger partial charge in [-0.2, -0.15) is 4.98 Å². The van der Waals surface area contributed by atoms with E-state index in [9.17, 15) is 4.79 Å². The molecule has 1 aliphatic rings. The summed E-state index contributed by atoms with van der Waals surface area (Å²) >= 11 is 0. The Kier molecular flexibility index (Phi) is 4.23. The predicted molar refractivity (Wildman–Crippen MR) is 112 cm³/mol. The van der Waals surface area contributed by atoms with E-state index in [-0.39, 0.29) is 11.8 Å². The van der Waals surface area contributed by atoms with Gasteiger partial charge >= 0.3 is 0 Å². The molecular weight excluding hydrogens is 366 g/mol. The zero-order valence-electron chi connectivity index (χ0n) is 16.6. The highest BCUT2D eigenvalue weighted by Crippen LogP contribution is 2.33. The first-order valence-corrected chi connectivity index (χ1v) is 9.90. The zero-order chi connectivity index (χ0) is 20.0. The second-order valence-electron chi connectivity index (χ2n) is 7.78. The molecule has 1 aromatic carbocycles. The van der Waals surface area contributed by atoms with Crippen molar-refractivity contribution in [3.8, 4) is 0 Å². The lowest BCUT2D eigenvalue weighted by Gasteiger charge is -2.32. The summed E-state index contributed by atoms with van der Waals surface area (Å²) in [6, 6.07) is 10.1. The fraction of sp³-hybridized carbons (Fsp3) is 0.318. The number of piperidine rings is 1. The van der Waals surface area contributed by atoms with Crippen LogP contribution in [0.5, 0.6) is 0 Å². The van der Waals surface area contributed by atoms with Gasteiger partial charge < -0.3 is 19.2 Å². The number of nitrogens with one attached hydrogen (secondary N) is 1. The number of H-pyrrole nitrogens is 1. The van der Waals surface area contributed by atoms with E-state index in [0.717, 1.165) is 30.4 Å². The smallest absolute Gasteiger partial charge is 0.297 e. The first kappa shape index (κ1) is 17.7. The molecule has 1 fully saturated rings. The fourth-order valence-corrected chi connectivity index (χ4v) is 4.20. The molecule has 29 heavy (non-hydrogen) atoms. The maximum absolute atomic E-state index is 13.4. The quantitative estimate of drug-likeness (QED) is 0.577. The Morgan fingerprint density at radius 1 is 1.28 bits per heavy atom. The Bertz CT molecular complexity index is 1190. The number of aromatic nitrogens is 3. The molecule has 0 saturated carbocycles. The van der Waals surface area contributed by atoms with Gasteiger partial charge in [-0.25, -0.2) is 4.98 Å². The average molecular weight is 389 g/mol. The highest BCUT2D eigenvalue weighted by atomic mass is 16.4. The van der Waals surface area contributed by atoms with Crippen LogP contribution in [-0.2, 0) is 0 Å². The molecule has 0 bridgehead atoms. The molecule has 0 spiro atoms. The van der Waals surface area contributed by atoms with Crippen LogP contribution in [0.25, 0.3) is 22.1 Å². The van der Waals surface area contributed by atoms with Crippen LogP contribution >= 0.6 is 0 Å². The van der Waals surface area contributed by atoms with Crippen LogP contribution in [0.2, 0.25) is 0 Å². The van der Waals surface area contributed by atoms with E-state index in [1.165, 1.54) is 5.56 Å². The molecule has 7 nitrogen and oxygen atoms in total. The molecule has 1 amide bonds. The minimum absolute atomic E-state index is 0.000257. The van der Waals surface area contributed by atoms with Gasteiger partial charge in [0.1, 0.15) is 11.2 Å². The molecule has 1 N–H and O–H groups in total. The molecular formula is C22H23N5O2. The van der Waals surface area contributed by atoms with Crippen molar-refractivity contribution in [1.82, 2.24) is 19.9 Å². The topological polar surface area (TPSA) is 78.3 Å². The number of hydrogen-bond acceptors (Lipinski definition) is 5. The molecule has 1 unspecified atom stereocenters. The van der Waals surface area contributed by atoms with Gasteiger partial charge in [-0.15, -0.1) is 0 Å². The largest absolute Gasteiger partial charge is 0.423 e. The molecule has 1 saturated heterocycles. The third-order valence-electron chi connectivity index (χ3n) is 5.65. The maximum atomic E-state index is 13.4. The highest BCUT2D eigenvalue weighted by molar-refractivity contribution is 6.04. The molecule has 0 radical (unpaired) electrons. The van der Waals surface area contributed by atoms with E-state index in [1.807, 2.05) is 49.5 Å². The Morgan fingerprint density at radius 3 is 3.03 bits per heavy atom. The lowest BCUT2D eigenvalue weighted by molar-refractivity contribution is 0.0708. The number of nitrogens with zero attached hydrogens (tertiary/aromatic N) is 4. The lowest BCUT2D eigenvalue weighted by atomic mass is 9.90. The number of rotatable bonds is 3. The number of carbonyl (C=O) groups excluding carboxylic acids is 1. The predicted octanol–water partition coefficient (Wildman–Crippen LogP) is 3.79. The summed E-state index contributed by atoms with van der Waals surface area (Å²) < 4.78 is 5.88. The van der Waals surface area contributed by atoms with E-state index < -0.39 is 0 Å². The number of hydrogen-bond donors (Lipinski definition) is 1. The summed E-state index contributed by atoms with van der Waals surface area (Å²) in [5.41, 5.74) is 3.96. The number of oxazole rings is 1. The Morgan fingerprint density at radius 2 is 2.17 bits per heavy atom. The van der Waals surface area contributed by atoms with Crippen molar-refractivity contribution in [3.05, 3.63) is 53.9 Å². The van der Waals surface area contributed by atoms with Crippen molar-refractivity contribution in [2.24, 2.45) is 0 Å².